The molecule has 1 atom stereocenters. The summed E-state index contributed by atoms with van der Waals surface area (Å²) in [6.07, 6.45) is 4.50. The maximum atomic E-state index is 6.55. The number of likely N-dealkylation sites (tertiary alicyclic amines) is 1. The smallest absolute Gasteiger partial charge is 0.200 e. The van der Waals surface area contributed by atoms with Crippen molar-refractivity contribution in [2.75, 3.05) is 20.1 Å². The molecule has 0 bridgehead atoms. The molecule has 3 aliphatic heterocycles. The molecule has 0 N–H and O–H groups in total. The van der Waals surface area contributed by atoms with Crippen LogP contribution < -0.4 is 4.74 Å². The molecule has 5 nitrogen and oxygen atoms in total. The lowest BCUT2D eigenvalue weighted by Crippen LogP contribution is -2.58. The SMILES string of the molecule is CN1CCC2(CC1)Oc1ccccc1[C@H]1CC(c3ccco3)=NN12. The first kappa shape index (κ1) is 14.1. The van der Waals surface area contributed by atoms with Gasteiger partial charge in [-0.15, -0.1) is 0 Å². The molecule has 1 spiro atoms. The lowest BCUT2D eigenvalue weighted by atomic mass is 9.91. The molecule has 5 heteroatoms. The molecule has 24 heavy (non-hydrogen) atoms. The fraction of sp³-hybridized carbons (Fsp3) is 0.421. The topological polar surface area (TPSA) is 41.2 Å². The van der Waals surface area contributed by atoms with Gasteiger partial charge in [-0.2, -0.15) is 5.10 Å². The van der Waals surface area contributed by atoms with Gasteiger partial charge in [-0.3, -0.25) is 0 Å². The van der Waals surface area contributed by atoms with E-state index < -0.39 is 0 Å². The molecule has 1 saturated heterocycles. The summed E-state index contributed by atoms with van der Waals surface area (Å²) in [7, 11) is 2.17. The minimum atomic E-state index is -0.333. The summed E-state index contributed by atoms with van der Waals surface area (Å²) in [6, 6.07) is 12.5. The molecule has 0 amide bonds. The van der Waals surface area contributed by atoms with E-state index in [1.54, 1.807) is 6.26 Å². The zero-order valence-electron chi connectivity index (χ0n) is 13.8. The average molecular weight is 323 g/mol. The Bertz CT molecular complexity index is 776. The van der Waals surface area contributed by atoms with Crippen molar-refractivity contribution in [2.24, 2.45) is 5.10 Å². The van der Waals surface area contributed by atoms with E-state index in [-0.39, 0.29) is 11.8 Å². The number of fused-ring (bicyclic) bond motifs is 4. The highest BCUT2D eigenvalue weighted by Crippen LogP contribution is 2.49. The molecule has 2 aromatic rings. The van der Waals surface area contributed by atoms with Crippen molar-refractivity contribution in [3.8, 4) is 5.75 Å². The van der Waals surface area contributed by atoms with E-state index in [4.69, 9.17) is 14.3 Å². The van der Waals surface area contributed by atoms with Gasteiger partial charge in [0.1, 0.15) is 17.2 Å². The van der Waals surface area contributed by atoms with Crippen molar-refractivity contribution in [1.29, 1.82) is 0 Å². The van der Waals surface area contributed by atoms with Gasteiger partial charge in [0.25, 0.3) is 0 Å². The van der Waals surface area contributed by atoms with Gasteiger partial charge in [0.05, 0.1) is 12.3 Å². The van der Waals surface area contributed by atoms with Crippen LogP contribution in [0.1, 0.15) is 36.6 Å². The molecule has 1 aromatic carbocycles. The monoisotopic (exact) mass is 323 g/mol. The number of furan rings is 1. The second kappa shape index (κ2) is 5.11. The van der Waals surface area contributed by atoms with E-state index >= 15 is 0 Å². The molecular formula is C19H21N3O2. The van der Waals surface area contributed by atoms with Crippen molar-refractivity contribution in [2.45, 2.75) is 31.0 Å². The Kier molecular flexibility index (Phi) is 3.00. The van der Waals surface area contributed by atoms with Crippen molar-refractivity contribution in [3.05, 3.63) is 54.0 Å². The van der Waals surface area contributed by atoms with Crippen LogP contribution in [-0.4, -0.2) is 41.5 Å². The number of hydrogen-bond acceptors (Lipinski definition) is 5. The maximum Gasteiger partial charge on any atom is 0.200 e. The molecule has 5 rings (SSSR count). The summed E-state index contributed by atoms with van der Waals surface area (Å²) >= 11 is 0. The Labute approximate surface area is 141 Å². The normalized spacial score (nSPS) is 25.1. The van der Waals surface area contributed by atoms with Crippen molar-refractivity contribution in [3.63, 3.8) is 0 Å². The van der Waals surface area contributed by atoms with Gasteiger partial charge in [-0.05, 0) is 25.2 Å². The summed E-state index contributed by atoms with van der Waals surface area (Å²) in [4.78, 5) is 2.36. The zero-order chi connectivity index (χ0) is 16.1. The Morgan fingerprint density at radius 1 is 1.12 bits per heavy atom. The van der Waals surface area contributed by atoms with Crippen LogP contribution in [0.3, 0.4) is 0 Å². The van der Waals surface area contributed by atoms with Gasteiger partial charge in [-0.1, -0.05) is 18.2 Å². The second-order valence-electron chi connectivity index (χ2n) is 6.98. The van der Waals surface area contributed by atoms with E-state index in [1.807, 2.05) is 12.1 Å². The van der Waals surface area contributed by atoms with Gasteiger partial charge in [-0.25, -0.2) is 5.01 Å². The van der Waals surface area contributed by atoms with Crippen molar-refractivity contribution >= 4 is 5.71 Å². The summed E-state index contributed by atoms with van der Waals surface area (Å²) in [5, 5.41) is 7.19. The number of nitrogens with zero attached hydrogens (tertiary/aromatic N) is 3. The lowest BCUT2D eigenvalue weighted by molar-refractivity contribution is -0.147. The minimum Gasteiger partial charge on any atom is -0.466 e. The number of rotatable bonds is 1. The second-order valence-corrected chi connectivity index (χ2v) is 6.98. The summed E-state index contributed by atoms with van der Waals surface area (Å²) in [6.45, 7) is 2.05. The Morgan fingerprint density at radius 3 is 2.75 bits per heavy atom. The molecule has 0 unspecified atom stereocenters. The number of piperidine rings is 1. The summed E-state index contributed by atoms with van der Waals surface area (Å²) in [5.41, 5.74) is 1.91. The molecule has 3 aliphatic rings. The summed E-state index contributed by atoms with van der Waals surface area (Å²) < 4.78 is 12.1. The number of hydrazone groups is 1. The Balaban J connectivity index is 1.59. The van der Waals surface area contributed by atoms with Crippen molar-refractivity contribution < 1.29 is 9.15 Å². The van der Waals surface area contributed by atoms with Gasteiger partial charge in [0, 0.05) is 37.9 Å². The third-order valence-electron chi connectivity index (χ3n) is 5.48. The van der Waals surface area contributed by atoms with Gasteiger partial charge >= 0.3 is 0 Å². The van der Waals surface area contributed by atoms with Gasteiger partial charge in [0.15, 0.2) is 0 Å². The highest BCUT2D eigenvalue weighted by Gasteiger charge is 2.51. The average Bonchev–Trinajstić information content (AvgIpc) is 3.27. The lowest BCUT2D eigenvalue weighted by Gasteiger charge is -2.50. The quantitative estimate of drug-likeness (QED) is 0.808. The standard InChI is InChI=1S/C19H21N3O2/c1-21-10-8-19(9-11-21)22-16(14-5-2-3-6-17(14)24-19)13-15(20-22)18-7-4-12-23-18/h2-7,12,16H,8-11,13H2,1H3/t16-/m1/s1. The molecule has 124 valence electrons. The molecule has 4 heterocycles. The fourth-order valence-electron chi connectivity index (χ4n) is 4.12. The van der Waals surface area contributed by atoms with Gasteiger partial charge < -0.3 is 14.1 Å². The first-order chi connectivity index (χ1) is 11.8. The number of ether oxygens (including phenoxy) is 1. The predicted octanol–water partition coefficient (Wildman–Crippen LogP) is 3.25. The fourth-order valence-corrected chi connectivity index (χ4v) is 4.12. The van der Waals surface area contributed by atoms with E-state index in [2.05, 4.69) is 41.2 Å². The third kappa shape index (κ3) is 2.01. The highest BCUT2D eigenvalue weighted by atomic mass is 16.5. The molecular weight excluding hydrogens is 302 g/mol. The largest absolute Gasteiger partial charge is 0.466 e. The van der Waals surface area contributed by atoms with Crippen LogP contribution in [0.2, 0.25) is 0 Å². The molecule has 0 radical (unpaired) electrons. The van der Waals surface area contributed by atoms with Crippen LogP contribution in [0.25, 0.3) is 0 Å². The van der Waals surface area contributed by atoms with E-state index in [1.165, 1.54) is 5.56 Å². The minimum absolute atomic E-state index is 0.235. The van der Waals surface area contributed by atoms with Crippen LogP contribution in [-0.2, 0) is 0 Å². The van der Waals surface area contributed by atoms with Gasteiger partial charge in [0.2, 0.25) is 5.72 Å². The molecule has 0 saturated carbocycles. The number of hydrogen-bond donors (Lipinski definition) is 0. The van der Waals surface area contributed by atoms with Crippen LogP contribution >= 0.6 is 0 Å². The van der Waals surface area contributed by atoms with Crippen molar-refractivity contribution in [1.82, 2.24) is 9.91 Å². The summed E-state index contributed by atoms with van der Waals surface area (Å²) in [5.74, 6) is 1.88. The zero-order valence-corrected chi connectivity index (χ0v) is 13.8. The molecule has 0 aliphatic carbocycles. The van der Waals surface area contributed by atoms with Crippen LogP contribution in [0.15, 0.2) is 52.2 Å². The van der Waals surface area contributed by atoms with E-state index in [0.717, 1.165) is 49.6 Å². The number of benzene rings is 1. The third-order valence-corrected chi connectivity index (χ3v) is 5.48. The van der Waals surface area contributed by atoms with Crippen LogP contribution in [0, 0.1) is 0 Å². The van der Waals surface area contributed by atoms with E-state index in [0.29, 0.717) is 0 Å². The molecule has 1 aromatic heterocycles. The Hall–Kier alpha value is -2.27. The highest BCUT2D eigenvalue weighted by molar-refractivity contribution is 5.99. The first-order valence-electron chi connectivity index (χ1n) is 8.62. The van der Waals surface area contributed by atoms with E-state index in [9.17, 15) is 0 Å². The van der Waals surface area contributed by atoms with Crippen LogP contribution in [0.4, 0.5) is 0 Å². The number of para-hydroxylation sites is 1. The van der Waals surface area contributed by atoms with Crippen LogP contribution in [0.5, 0.6) is 5.75 Å². The Morgan fingerprint density at radius 2 is 1.96 bits per heavy atom. The predicted molar refractivity (Wildman–Crippen MR) is 91.0 cm³/mol. The first-order valence-corrected chi connectivity index (χ1v) is 8.62. The molecule has 1 fully saturated rings. The maximum absolute atomic E-state index is 6.55.